The molecule has 3 rings (SSSR count). The van der Waals surface area contributed by atoms with E-state index in [1.165, 1.54) is 6.92 Å². The number of nitrogens with one attached hydrogen (secondary N) is 1. The van der Waals surface area contributed by atoms with Crippen LogP contribution in [-0.4, -0.2) is 28.7 Å². The molecular formula is C18H22FN3OS. The number of hydrazone groups is 1. The summed E-state index contributed by atoms with van der Waals surface area (Å²) in [5.74, 6) is -0.0744. The van der Waals surface area contributed by atoms with E-state index >= 15 is 0 Å². The van der Waals surface area contributed by atoms with E-state index in [-0.39, 0.29) is 5.91 Å². The first kappa shape index (κ1) is 17.0. The van der Waals surface area contributed by atoms with Crippen molar-refractivity contribution in [1.82, 2.24) is 5.01 Å². The lowest BCUT2D eigenvalue weighted by atomic mass is 9.96. The molecule has 0 bridgehead atoms. The Morgan fingerprint density at radius 3 is 2.96 bits per heavy atom. The number of allylic oxidation sites excluding steroid dienone is 2. The van der Waals surface area contributed by atoms with Crippen LogP contribution in [0, 0.1) is 0 Å². The number of benzene rings is 1. The van der Waals surface area contributed by atoms with Crippen LogP contribution in [0.2, 0.25) is 0 Å². The van der Waals surface area contributed by atoms with Crippen molar-refractivity contribution in [2.45, 2.75) is 44.7 Å². The lowest BCUT2D eigenvalue weighted by Gasteiger charge is -2.39. The van der Waals surface area contributed by atoms with E-state index in [0.717, 1.165) is 34.8 Å². The highest BCUT2D eigenvalue weighted by Gasteiger charge is 2.49. The minimum Gasteiger partial charge on any atom is -0.385 e. The number of anilines is 1. The van der Waals surface area contributed by atoms with Crippen LogP contribution in [0.25, 0.3) is 0 Å². The molecule has 2 aliphatic rings. The summed E-state index contributed by atoms with van der Waals surface area (Å²) in [5, 5.41) is 10.4. The van der Waals surface area contributed by atoms with Gasteiger partial charge in [-0.05, 0) is 19.9 Å². The van der Waals surface area contributed by atoms with Gasteiger partial charge in [-0.25, -0.2) is 9.40 Å². The van der Waals surface area contributed by atoms with Crippen molar-refractivity contribution < 1.29 is 9.18 Å². The van der Waals surface area contributed by atoms with Crippen molar-refractivity contribution in [1.29, 1.82) is 0 Å². The molecular weight excluding hydrogens is 325 g/mol. The van der Waals surface area contributed by atoms with E-state index in [9.17, 15) is 9.18 Å². The van der Waals surface area contributed by atoms with Crippen LogP contribution >= 0.6 is 11.8 Å². The van der Waals surface area contributed by atoms with E-state index in [0.29, 0.717) is 6.42 Å². The third-order valence-electron chi connectivity index (χ3n) is 4.21. The fourth-order valence-corrected chi connectivity index (χ4v) is 4.90. The molecule has 0 saturated carbocycles. The normalized spacial score (nSPS) is 24.4. The number of carbonyl (C=O) groups is 1. The maximum atomic E-state index is 13.2. The summed E-state index contributed by atoms with van der Waals surface area (Å²) >= 11 is 1.62. The number of para-hydroxylation sites is 1. The van der Waals surface area contributed by atoms with E-state index in [4.69, 9.17) is 0 Å². The lowest BCUT2D eigenvalue weighted by Crippen LogP contribution is -2.44. The van der Waals surface area contributed by atoms with Crippen LogP contribution in [0.5, 0.6) is 0 Å². The molecule has 0 saturated heterocycles. The Hall–Kier alpha value is -1.82. The first-order chi connectivity index (χ1) is 11.4. The average Bonchev–Trinajstić information content (AvgIpc) is 2.86. The first-order valence-electron chi connectivity index (χ1n) is 8.14. The number of fused-ring (bicyclic) bond motifs is 2. The van der Waals surface area contributed by atoms with Crippen molar-refractivity contribution in [3.63, 3.8) is 0 Å². The first-order valence-corrected chi connectivity index (χ1v) is 8.96. The monoisotopic (exact) mass is 347 g/mol. The molecule has 1 aromatic rings. The summed E-state index contributed by atoms with van der Waals surface area (Å²) in [7, 11) is 0. The van der Waals surface area contributed by atoms with E-state index < -0.39 is 11.0 Å². The Morgan fingerprint density at radius 2 is 2.25 bits per heavy atom. The molecule has 6 heteroatoms. The fourth-order valence-electron chi connectivity index (χ4n) is 3.34. The van der Waals surface area contributed by atoms with Crippen LogP contribution in [0.1, 0.15) is 39.2 Å². The molecule has 1 spiro atoms. The minimum atomic E-state index is -0.977. The molecule has 1 N–H and O–H groups in total. The number of carbonyl (C=O) groups excluding carboxylic acids is 1. The highest BCUT2D eigenvalue weighted by molar-refractivity contribution is 8.15. The molecule has 4 nitrogen and oxygen atoms in total. The minimum absolute atomic E-state index is 0.0744. The van der Waals surface area contributed by atoms with E-state index in [1.807, 2.05) is 25.1 Å². The second-order valence-corrected chi connectivity index (χ2v) is 7.65. The number of hydrogen-bond acceptors (Lipinski definition) is 4. The summed E-state index contributed by atoms with van der Waals surface area (Å²) < 4.78 is 13.2. The Labute approximate surface area is 146 Å². The number of rotatable bonds is 3. The van der Waals surface area contributed by atoms with Crippen LogP contribution in [-0.2, 0) is 9.67 Å². The van der Waals surface area contributed by atoms with Crippen LogP contribution in [0.4, 0.5) is 10.1 Å². The maximum absolute atomic E-state index is 13.2. The van der Waals surface area contributed by atoms with Gasteiger partial charge < -0.3 is 5.32 Å². The van der Waals surface area contributed by atoms with Crippen LogP contribution < -0.4 is 5.32 Å². The smallest absolute Gasteiger partial charge is 0.241 e. The van der Waals surface area contributed by atoms with Gasteiger partial charge in [0.15, 0.2) is 0 Å². The molecule has 2 atom stereocenters. The van der Waals surface area contributed by atoms with Crippen molar-refractivity contribution >= 4 is 28.4 Å². The quantitative estimate of drug-likeness (QED) is 0.831. The summed E-state index contributed by atoms with van der Waals surface area (Å²) in [6.45, 7) is 5.75. The summed E-state index contributed by atoms with van der Waals surface area (Å²) in [5.41, 5.74) is 3.05. The molecule has 0 radical (unpaired) electrons. The number of alkyl halides is 1. The Morgan fingerprint density at radius 1 is 1.50 bits per heavy atom. The number of nitrogens with zero attached hydrogens (tertiary/aromatic N) is 2. The lowest BCUT2D eigenvalue weighted by molar-refractivity contribution is -0.132. The predicted octanol–water partition coefficient (Wildman–Crippen LogP) is 4.26. The van der Waals surface area contributed by atoms with E-state index in [1.54, 1.807) is 29.8 Å². The molecule has 1 amide bonds. The van der Waals surface area contributed by atoms with Gasteiger partial charge >= 0.3 is 0 Å². The van der Waals surface area contributed by atoms with Gasteiger partial charge in [-0.15, -0.1) is 0 Å². The maximum Gasteiger partial charge on any atom is 0.241 e. The van der Waals surface area contributed by atoms with Crippen LogP contribution in [0.15, 0.2) is 41.0 Å². The summed E-state index contributed by atoms with van der Waals surface area (Å²) in [4.78, 5) is 11.8. The highest BCUT2D eigenvalue weighted by atomic mass is 32.2. The largest absolute Gasteiger partial charge is 0.385 e. The molecule has 2 unspecified atom stereocenters. The average molecular weight is 347 g/mol. The zero-order valence-electron chi connectivity index (χ0n) is 14.2. The predicted molar refractivity (Wildman–Crippen MR) is 97.7 cm³/mol. The second-order valence-electron chi connectivity index (χ2n) is 6.30. The standard InChI is InChI=1S/C18H22FN3OS/c1-12(10-13(2)19)11-17-21-22(14(3)23)18(24-17)8-9-20-16-7-5-4-6-15(16)18/h4-7,10,13,20H,8-9,11H2,1-3H3. The van der Waals surface area contributed by atoms with Gasteiger partial charge in [0.25, 0.3) is 0 Å². The molecule has 128 valence electrons. The fraction of sp³-hybridized carbons (Fsp3) is 0.444. The zero-order chi connectivity index (χ0) is 17.3. The van der Waals surface area contributed by atoms with Gasteiger partial charge in [-0.1, -0.05) is 41.6 Å². The van der Waals surface area contributed by atoms with Crippen LogP contribution in [0.3, 0.4) is 0 Å². The summed E-state index contributed by atoms with van der Waals surface area (Å²) in [6.07, 6.45) is 1.97. The molecule has 24 heavy (non-hydrogen) atoms. The third-order valence-corrected chi connectivity index (χ3v) is 5.61. The Bertz CT molecular complexity index is 716. The SMILES string of the molecule is CC(=O)N1N=C(CC(C)=CC(C)F)SC12CCNc1ccccc12. The molecule has 2 aliphatic heterocycles. The van der Waals surface area contributed by atoms with Gasteiger partial charge in [0.2, 0.25) is 5.91 Å². The van der Waals surface area contributed by atoms with Gasteiger partial charge in [0, 0.05) is 37.6 Å². The zero-order valence-corrected chi connectivity index (χ0v) is 15.0. The highest BCUT2D eigenvalue weighted by Crippen LogP contribution is 2.53. The van der Waals surface area contributed by atoms with Gasteiger partial charge in [0.1, 0.15) is 16.1 Å². The third kappa shape index (κ3) is 3.07. The molecule has 0 aliphatic carbocycles. The van der Waals surface area contributed by atoms with E-state index in [2.05, 4.69) is 16.5 Å². The molecule has 0 aromatic heterocycles. The molecule has 1 aromatic carbocycles. The summed E-state index contributed by atoms with van der Waals surface area (Å²) in [6, 6.07) is 8.05. The van der Waals surface area contributed by atoms with Crippen molar-refractivity contribution in [3.05, 3.63) is 41.5 Å². The van der Waals surface area contributed by atoms with Crippen molar-refractivity contribution in [2.75, 3.05) is 11.9 Å². The molecule has 0 fully saturated rings. The molecule has 2 heterocycles. The Balaban J connectivity index is 1.95. The Kier molecular flexibility index (Phi) is 4.67. The number of halogens is 1. The van der Waals surface area contributed by atoms with Crippen molar-refractivity contribution in [2.24, 2.45) is 5.10 Å². The van der Waals surface area contributed by atoms with Gasteiger partial charge in [-0.2, -0.15) is 5.10 Å². The second kappa shape index (κ2) is 6.59. The van der Waals surface area contributed by atoms with Crippen molar-refractivity contribution in [3.8, 4) is 0 Å². The topological polar surface area (TPSA) is 44.7 Å². The van der Waals surface area contributed by atoms with Gasteiger partial charge in [0.05, 0.1) is 0 Å². The number of amides is 1. The van der Waals surface area contributed by atoms with Gasteiger partial charge in [-0.3, -0.25) is 4.79 Å². The number of hydrogen-bond donors (Lipinski definition) is 1. The number of thioether (sulfide) groups is 1.